The van der Waals surface area contributed by atoms with Gasteiger partial charge < -0.3 is 9.80 Å². The van der Waals surface area contributed by atoms with Gasteiger partial charge in [-0.1, -0.05) is 45.2 Å². The number of hydrogen-bond acceptors (Lipinski definition) is 6. The summed E-state index contributed by atoms with van der Waals surface area (Å²) in [4.78, 5) is 43.8. The molecular formula is C33H34F2N6O2. The Kier molecular flexibility index (Phi) is 7.26. The number of carbonyl (C=O) groups excluding carboxylic acids is 1. The van der Waals surface area contributed by atoms with E-state index >= 15 is 8.78 Å². The Balaban J connectivity index is 1.88. The molecule has 0 radical (unpaired) electrons. The number of anilines is 1. The number of hydrogen-bond donors (Lipinski definition) is 0. The third kappa shape index (κ3) is 5.11. The highest BCUT2D eigenvalue weighted by molar-refractivity contribution is 5.92. The van der Waals surface area contributed by atoms with Crippen molar-refractivity contribution in [2.24, 2.45) is 0 Å². The Morgan fingerprint density at radius 3 is 2.51 bits per heavy atom. The molecule has 0 aliphatic carbocycles. The quantitative estimate of drug-likeness (QED) is 0.265. The summed E-state index contributed by atoms with van der Waals surface area (Å²) in [7, 11) is 0. The highest BCUT2D eigenvalue weighted by atomic mass is 19.1. The van der Waals surface area contributed by atoms with Crippen LogP contribution in [0.4, 0.5) is 14.6 Å². The second-order valence-electron chi connectivity index (χ2n) is 11.2. The topological polar surface area (TPSA) is 84.2 Å². The molecular weight excluding hydrogens is 550 g/mol. The number of pyridine rings is 2. The van der Waals surface area contributed by atoms with Crippen LogP contribution in [0.2, 0.25) is 0 Å². The fourth-order valence-corrected chi connectivity index (χ4v) is 5.92. The molecule has 10 heteroatoms. The van der Waals surface area contributed by atoms with Crippen molar-refractivity contribution >= 4 is 28.8 Å². The largest absolute Gasteiger partial charge is 0.355 e. The Labute approximate surface area is 251 Å². The van der Waals surface area contributed by atoms with E-state index in [1.807, 2.05) is 39.5 Å². The molecule has 1 amide bonds. The van der Waals surface area contributed by atoms with Crippen LogP contribution in [0.25, 0.3) is 34.1 Å². The molecule has 0 N–H and O–H groups in total. The molecule has 0 saturated carbocycles. The molecule has 3 aromatic heterocycles. The summed E-state index contributed by atoms with van der Waals surface area (Å²) < 4.78 is 48.2. The summed E-state index contributed by atoms with van der Waals surface area (Å²) in [5.41, 5.74) is 0.583. The zero-order chi connectivity index (χ0) is 32.7. The summed E-state index contributed by atoms with van der Waals surface area (Å²) in [6, 6.07) is 6.33. The molecule has 1 saturated heterocycles. The van der Waals surface area contributed by atoms with Crippen molar-refractivity contribution in [1.29, 1.82) is 0 Å². The molecule has 5 rings (SSSR count). The van der Waals surface area contributed by atoms with Gasteiger partial charge in [0.1, 0.15) is 17.3 Å². The molecule has 1 aromatic carbocycles. The summed E-state index contributed by atoms with van der Waals surface area (Å²) in [6.45, 7) is 13.1. The molecule has 8 nitrogen and oxygen atoms in total. The van der Waals surface area contributed by atoms with Gasteiger partial charge in [0.2, 0.25) is 5.91 Å². The van der Waals surface area contributed by atoms with Crippen LogP contribution in [-0.4, -0.2) is 55.5 Å². The number of amides is 1. The lowest BCUT2D eigenvalue weighted by Crippen LogP contribution is -2.58. The van der Waals surface area contributed by atoms with Crippen molar-refractivity contribution in [2.75, 3.05) is 18.0 Å². The fourth-order valence-electron chi connectivity index (χ4n) is 5.92. The Hall–Kier alpha value is -4.73. The van der Waals surface area contributed by atoms with Crippen molar-refractivity contribution in [3.8, 4) is 16.9 Å². The van der Waals surface area contributed by atoms with Crippen molar-refractivity contribution in [3.05, 3.63) is 94.7 Å². The summed E-state index contributed by atoms with van der Waals surface area (Å²) in [6.07, 6.45) is 4.00. The summed E-state index contributed by atoms with van der Waals surface area (Å²) in [5, 5.41) is 0.214. The minimum atomic E-state index is -0.875. The monoisotopic (exact) mass is 586 g/mol. The maximum atomic E-state index is 16.2. The van der Waals surface area contributed by atoms with E-state index < -0.39 is 23.9 Å². The average Bonchev–Trinajstić information content (AvgIpc) is 2.97. The number of aryl methyl sites for hydroxylation is 1. The number of piperazine rings is 1. The number of carbonyl (C=O) groups is 1. The van der Waals surface area contributed by atoms with Gasteiger partial charge in [-0.25, -0.2) is 23.1 Å². The van der Waals surface area contributed by atoms with E-state index in [0.29, 0.717) is 30.0 Å². The Morgan fingerprint density at radius 1 is 1.14 bits per heavy atom. The third-order valence-corrected chi connectivity index (χ3v) is 7.81. The Bertz CT molecular complexity index is 1910. The van der Waals surface area contributed by atoms with Gasteiger partial charge in [-0.2, -0.15) is 4.98 Å². The maximum Gasteiger partial charge on any atom is 0.355 e. The van der Waals surface area contributed by atoms with Gasteiger partial charge in [0, 0.05) is 36.9 Å². The van der Waals surface area contributed by atoms with Crippen LogP contribution in [0.15, 0.2) is 60.5 Å². The highest BCUT2D eigenvalue weighted by Gasteiger charge is 2.34. The SMILES string of the molecule is [2H]C([2H])=Cc1cccc(F)c1-c1nc2c(cc1F)c(N1[C@@H](C)CN(C(=O)C=C)C[C@@H]1C)nc(=O)n2-c1c(C)ccnc1C(C)C. The zero-order valence-corrected chi connectivity index (χ0v) is 24.7. The smallest absolute Gasteiger partial charge is 0.347 e. The van der Waals surface area contributed by atoms with Crippen molar-refractivity contribution in [1.82, 2.24) is 24.4 Å². The van der Waals surface area contributed by atoms with Crippen molar-refractivity contribution in [2.45, 2.75) is 52.6 Å². The number of fused-ring (bicyclic) bond motifs is 1. The number of nitrogens with zero attached hydrogens (tertiary/aromatic N) is 6. The lowest BCUT2D eigenvalue weighted by molar-refractivity contribution is -0.127. The first-order chi connectivity index (χ1) is 21.3. The van der Waals surface area contributed by atoms with Gasteiger partial charge >= 0.3 is 5.69 Å². The summed E-state index contributed by atoms with van der Waals surface area (Å²) >= 11 is 0. The summed E-state index contributed by atoms with van der Waals surface area (Å²) in [5.74, 6) is -1.81. The fraction of sp³-hybridized carbons (Fsp3) is 0.303. The first kappa shape index (κ1) is 27.1. The minimum absolute atomic E-state index is 0.0403. The number of halogens is 2. The minimum Gasteiger partial charge on any atom is -0.347 e. The molecule has 2 atom stereocenters. The Morgan fingerprint density at radius 2 is 1.86 bits per heavy atom. The molecule has 1 aliphatic rings. The first-order valence-electron chi connectivity index (χ1n) is 15.1. The van der Waals surface area contributed by atoms with Crippen LogP contribution < -0.4 is 10.6 Å². The molecule has 4 aromatic rings. The molecule has 43 heavy (non-hydrogen) atoms. The van der Waals surface area contributed by atoms with Crippen molar-refractivity contribution in [3.63, 3.8) is 0 Å². The zero-order valence-electron chi connectivity index (χ0n) is 26.7. The first-order valence-corrected chi connectivity index (χ1v) is 14.1. The van der Waals surface area contributed by atoms with Gasteiger partial charge in [0.15, 0.2) is 11.5 Å². The van der Waals surface area contributed by atoms with E-state index in [0.717, 1.165) is 12.1 Å². The van der Waals surface area contributed by atoms with E-state index in [2.05, 4.69) is 21.5 Å². The average molecular weight is 587 g/mol. The van der Waals surface area contributed by atoms with Crippen LogP contribution in [0.1, 0.15) is 53.2 Å². The molecule has 1 aliphatic heterocycles. The normalized spacial score (nSPS) is 17.6. The van der Waals surface area contributed by atoms with Gasteiger partial charge in [-0.15, -0.1) is 0 Å². The van der Waals surface area contributed by atoms with E-state index in [4.69, 9.17) is 2.74 Å². The van der Waals surface area contributed by atoms with E-state index in [1.165, 1.54) is 28.8 Å². The molecule has 4 heterocycles. The van der Waals surface area contributed by atoms with Crippen LogP contribution in [0.5, 0.6) is 0 Å². The van der Waals surface area contributed by atoms with Gasteiger partial charge in [0.05, 0.1) is 19.5 Å². The number of rotatable bonds is 6. The van der Waals surface area contributed by atoms with Crippen LogP contribution in [0.3, 0.4) is 0 Å². The molecule has 0 unspecified atom stereocenters. The van der Waals surface area contributed by atoms with Gasteiger partial charge in [-0.05, 0) is 62.1 Å². The van der Waals surface area contributed by atoms with E-state index in [1.54, 1.807) is 17.2 Å². The second-order valence-corrected chi connectivity index (χ2v) is 11.2. The molecule has 222 valence electrons. The predicted molar refractivity (Wildman–Crippen MR) is 165 cm³/mol. The highest BCUT2D eigenvalue weighted by Crippen LogP contribution is 2.36. The lowest BCUT2D eigenvalue weighted by Gasteiger charge is -2.45. The van der Waals surface area contributed by atoms with Gasteiger partial charge in [-0.3, -0.25) is 9.78 Å². The molecule has 0 bridgehead atoms. The van der Waals surface area contributed by atoms with Crippen LogP contribution in [-0.2, 0) is 4.79 Å². The number of aromatic nitrogens is 4. The molecule has 0 spiro atoms. The number of benzene rings is 1. The second kappa shape index (κ2) is 11.5. The van der Waals surface area contributed by atoms with E-state index in [-0.39, 0.29) is 57.6 Å². The third-order valence-electron chi connectivity index (χ3n) is 7.81. The standard InChI is InChI=1S/C33H34F2N6O2/c1-8-22-11-10-12-24(34)27(22)29-25(35)15-23-31(37-29)41(30-19(5)13-14-36-28(30)18(3)4)33(43)38-32(23)40-20(6)16-39(17-21(40)7)26(42)9-2/h8-15,18,20-21H,1-2,16-17H2,3-7H3/t20-,21-/m0/s1/i1D2. The lowest BCUT2D eigenvalue weighted by atomic mass is 10.0. The van der Waals surface area contributed by atoms with Crippen LogP contribution in [0, 0.1) is 18.6 Å². The van der Waals surface area contributed by atoms with Crippen molar-refractivity contribution < 1.29 is 16.3 Å². The van der Waals surface area contributed by atoms with E-state index in [9.17, 15) is 9.59 Å². The van der Waals surface area contributed by atoms with Crippen LogP contribution >= 0.6 is 0 Å². The maximum absolute atomic E-state index is 16.2. The molecule has 1 fully saturated rings. The van der Waals surface area contributed by atoms with Gasteiger partial charge in [0.25, 0.3) is 0 Å². The predicted octanol–water partition coefficient (Wildman–Crippen LogP) is 5.81.